The van der Waals surface area contributed by atoms with Crippen LogP contribution < -0.4 is 5.32 Å². The van der Waals surface area contributed by atoms with Crippen molar-refractivity contribution in [3.05, 3.63) is 0 Å². The molecular weight excluding hydrogens is 276 g/mol. The number of thioether (sulfide) groups is 1. The highest BCUT2D eigenvalue weighted by Gasteiger charge is 2.32. The summed E-state index contributed by atoms with van der Waals surface area (Å²) in [5.74, 6) is 1.14. The quantitative estimate of drug-likeness (QED) is 0.835. The van der Waals surface area contributed by atoms with Gasteiger partial charge in [0.05, 0.1) is 0 Å². The van der Waals surface area contributed by atoms with Crippen LogP contribution in [0, 0.1) is 5.92 Å². The summed E-state index contributed by atoms with van der Waals surface area (Å²) in [5.41, 5.74) is 0. The SMILES string of the molecule is O=C(O)C1CSCCN1C(=O)NCCC1CCCCC1. The van der Waals surface area contributed by atoms with E-state index in [1.807, 2.05) is 0 Å². The number of nitrogens with one attached hydrogen (secondary N) is 1. The minimum atomic E-state index is -0.903. The number of rotatable bonds is 4. The summed E-state index contributed by atoms with van der Waals surface area (Å²) in [6, 6.07) is -0.892. The Morgan fingerprint density at radius 3 is 2.70 bits per heavy atom. The number of nitrogens with zero attached hydrogens (tertiary/aromatic N) is 1. The number of carboxylic acid groups (broad SMARTS) is 1. The zero-order valence-corrected chi connectivity index (χ0v) is 12.7. The van der Waals surface area contributed by atoms with Crippen LogP contribution in [-0.2, 0) is 4.79 Å². The van der Waals surface area contributed by atoms with Crippen molar-refractivity contribution in [2.75, 3.05) is 24.6 Å². The third-order valence-electron chi connectivity index (χ3n) is 4.23. The standard InChI is InChI=1S/C14H24N2O3S/c17-13(18)12-10-20-9-8-16(12)14(19)15-7-6-11-4-2-1-3-5-11/h11-12H,1-10H2,(H,15,19)(H,17,18). The van der Waals surface area contributed by atoms with E-state index in [4.69, 9.17) is 5.11 Å². The van der Waals surface area contributed by atoms with Gasteiger partial charge in [-0.15, -0.1) is 0 Å². The third-order valence-corrected chi connectivity index (χ3v) is 5.25. The monoisotopic (exact) mass is 300 g/mol. The van der Waals surface area contributed by atoms with E-state index in [-0.39, 0.29) is 6.03 Å². The predicted molar refractivity (Wildman–Crippen MR) is 80.0 cm³/mol. The molecular formula is C14H24N2O3S. The van der Waals surface area contributed by atoms with Crippen molar-refractivity contribution in [1.82, 2.24) is 10.2 Å². The van der Waals surface area contributed by atoms with Crippen molar-refractivity contribution in [2.45, 2.75) is 44.6 Å². The van der Waals surface area contributed by atoms with E-state index in [1.165, 1.54) is 37.0 Å². The van der Waals surface area contributed by atoms with Crippen LogP contribution >= 0.6 is 11.8 Å². The lowest BCUT2D eigenvalue weighted by atomic mass is 9.87. The van der Waals surface area contributed by atoms with Crippen LogP contribution in [0.5, 0.6) is 0 Å². The van der Waals surface area contributed by atoms with Gasteiger partial charge in [0.1, 0.15) is 6.04 Å². The number of hydrogen-bond acceptors (Lipinski definition) is 3. The first-order valence-electron chi connectivity index (χ1n) is 7.53. The molecule has 20 heavy (non-hydrogen) atoms. The Hall–Kier alpha value is -0.910. The first kappa shape index (κ1) is 15.5. The second kappa shape index (κ2) is 7.76. The summed E-state index contributed by atoms with van der Waals surface area (Å²) >= 11 is 1.60. The van der Waals surface area contributed by atoms with Crippen molar-refractivity contribution in [2.24, 2.45) is 5.92 Å². The molecule has 0 bridgehead atoms. The molecule has 0 radical (unpaired) electrons. The van der Waals surface area contributed by atoms with E-state index in [0.29, 0.717) is 18.8 Å². The fraction of sp³-hybridized carbons (Fsp3) is 0.857. The highest BCUT2D eigenvalue weighted by Crippen LogP contribution is 2.25. The van der Waals surface area contributed by atoms with Crippen LogP contribution in [-0.4, -0.2) is 52.6 Å². The van der Waals surface area contributed by atoms with Gasteiger partial charge in [-0.2, -0.15) is 11.8 Å². The van der Waals surface area contributed by atoms with Gasteiger partial charge < -0.3 is 15.3 Å². The molecule has 0 spiro atoms. The van der Waals surface area contributed by atoms with Crippen molar-refractivity contribution >= 4 is 23.8 Å². The highest BCUT2D eigenvalue weighted by atomic mass is 32.2. The van der Waals surface area contributed by atoms with Gasteiger partial charge >= 0.3 is 12.0 Å². The second-order valence-electron chi connectivity index (χ2n) is 5.65. The number of hydrogen-bond donors (Lipinski definition) is 2. The maximum Gasteiger partial charge on any atom is 0.327 e. The lowest BCUT2D eigenvalue weighted by molar-refractivity contribution is -0.141. The van der Waals surface area contributed by atoms with Gasteiger partial charge in [0.2, 0.25) is 0 Å². The largest absolute Gasteiger partial charge is 0.480 e. The van der Waals surface area contributed by atoms with E-state index < -0.39 is 12.0 Å². The van der Waals surface area contributed by atoms with Crippen molar-refractivity contribution < 1.29 is 14.7 Å². The highest BCUT2D eigenvalue weighted by molar-refractivity contribution is 7.99. The number of amides is 2. The Morgan fingerprint density at radius 2 is 2.00 bits per heavy atom. The molecule has 2 aliphatic rings. The molecule has 0 aromatic rings. The van der Waals surface area contributed by atoms with Crippen molar-refractivity contribution in [1.29, 1.82) is 0 Å². The van der Waals surface area contributed by atoms with Gasteiger partial charge in [-0.1, -0.05) is 32.1 Å². The number of carbonyl (C=O) groups is 2. The first-order valence-corrected chi connectivity index (χ1v) is 8.69. The summed E-state index contributed by atoms with van der Waals surface area (Å²) in [4.78, 5) is 24.7. The fourth-order valence-electron chi connectivity index (χ4n) is 3.01. The normalized spacial score (nSPS) is 24.4. The Balaban J connectivity index is 1.73. The second-order valence-corrected chi connectivity index (χ2v) is 6.80. The van der Waals surface area contributed by atoms with Gasteiger partial charge in [0.25, 0.3) is 0 Å². The Bertz CT molecular complexity index is 345. The summed E-state index contributed by atoms with van der Waals surface area (Å²) in [6.45, 7) is 1.19. The molecule has 6 heteroatoms. The molecule has 114 valence electrons. The van der Waals surface area contributed by atoms with E-state index in [9.17, 15) is 9.59 Å². The summed E-state index contributed by atoms with van der Waals surface area (Å²) in [5, 5.41) is 12.1. The molecule has 2 N–H and O–H groups in total. The Labute approximate surface area is 124 Å². The van der Waals surface area contributed by atoms with E-state index in [1.54, 1.807) is 11.8 Å². The number of aliphatic carboxylic acids is 1. The average Bonchev–Trinajstić information content (AvgIpc) is 2.48. The lowest BCUT2D eigenvalue weighted by Gasteiger charge is -2.32. The zero-order chi connectivity index (χ0) is 14.4. The van der Waals surface area contributed by atoms with Crippen LogP contribution in [0.4, 0.5) is 4.79 Å². The number of urea groups is 1. The van der Waals surface area contributed by atoms with Crippen LogP contribution in [0.1, 0.15) is 38.5 Å². The van der Waals surface area contributed by atoms with Crippen LogP contribution in [0.15, 0.2) is 0 Å². The van der Waals surface area contributed by atoms with Crippen LogP contribution in [0.3, 0.4) is 0 Å². The van der Waals surface area contributed by atoms with Gasteiger partial charge in [-0.05, 0) is 12.3 Å². The Morgan fingerprint density at radius 1 is 1.25 bits per heavy atom. The third kappa shape index (κ3) is 4.30. The minimum Gasteiger partial charge on any atom is -0.480 e. The molecule has 1 aliphatic carbocycles. The molecule has 2 amide bonds. The molecule has 0 aromatic carbocycles. The minimum absolute atomic E-state index is 0.214. The molecule has 1 saturated heterocycles. The van der Waals surface area contributed by atoms with E-state index >= 15 is 0 Å². The summed E-state index contributed by atoms with van der Waals surface area (Å²) < 4.78 is 0. The molecule has 0 aromatic heterocycles. The van der Waals surface area contributed by atoms with Gasteiger partial charge in [0, 0.05) is 24.6 Å². The fourth-order valence-corrected chi connectivity index (χ4v) is 4.05. The van der Waals surface area contributed by atoms with E-state index in [0.717, 1.165) is 18.1 Å². The summed E-state index contributed by atoms with van der Waals surface area (Å²) in [6.07, 6.45) is 7.52. The van der Waals surface area contributed by atoms with Crippen LogP contribution in [0.2, 0.25) is 0 Å². The van der Waals surface area contributed by atoms with Gasteiger partial charge in [-0.25, -0.2) is 9.59 Å². The first-order chi connectivity index (χ1) is 9.68. The van der Waals surface area contributed by atoms with Gasteiger partial charge in [-0.3, -0.25) is 0 Å². The number of carbonyl (C=O) groups excluding carboxylic acids is 1. The number of carboxylic acids is 1. The molecule has 1 atom stereocenters. The van der Waals surface area contributed by atoms with Crippen molar-refractivity contribution in [3.8, 4) is 0 Å². The van der Waals surface area contributed by atoms with E-state index in [2.05, 4.69) is 5.32 Å². The topological polar surface area (TPSA) is 69.6 Å². The predicted octanol–water partition coefficient (Wildman–Crippen LogP) is 2.17. The van der Waals surface area contributed by atoms with Gasteiger partial charge in [0.15, 0.2) is 0 Å². The average molecular weight is 300 g/mol. The van der Waals surface area contributed by atoms with Crippen LogP contribution in [0.25, 0.3) is 0 Å². The molecule has 5 nitrogen and oxygen atoms in total. The molecule has 1 saturated carbocycles. The Kier molecular flexibility index (Phi) is 6.01. The lowest BCUT2D eigenvalue weighted by Crippen LogP contribution is -2.54. The van der Waals surface area contributed by atoms with Crippen molar-refractivity contribution in [3.63, 3.8) is 0 Å². The molecule has 2 rings (SSSR count). The summed E-state index contributed by atoms with van der Waals surface area (Å²) in [7, 11) is 0. The molecule has 1 aliphatic heterocycles. The molecule has 1 heterocycles. The maximum absolute atomic E-state index is 12.1. The zero-order valence-electron chi connectivity index (χ0n) is 11.8. The molecule has 2 fully saturated rings. The maximum atomic E-state index is 12.1. The smallest absolute Gasteiger partial charge is 0.327 e. The molecule has 1 unspecified atom stereocenters.